The first-order chi connectivity index (χ1) is 12.2. The van der Waals surface area contributed by atoms with Crippen LogP contribution in [0, 0.1) is 11.3 Å². The minimum Gasteiger partial charge on any atom is -0.491 e. The average Bonchev–Trinajstić information content (AvgIpc) is 2.68. The zero-order valence-electron chi connectivity index (χ0n) is 14.1. The van der Waals surface area contributed by atoms with E-state index in [2.05, 4.69) is 11.0 Å². The minimum atomic E-state index is -0.517. The van der Waals surface area contributed by atoms with Gasteiger partial charge in [-0.3, -0.25) is 4.90 Å². The molecule has 130 valence electrons. The van der Waals surface area contributed by atoms with Gasteiger partial charge in [0.15, 0.2) is 0 Å². The van der Waals surface area contributed by atoms with Gasteiger partial charge in [0.05, 0.1) is 24.8 Å². The Hall–Kier alpha value is -2.39. The van der Waals surface area contributed by atoms with Crippen LogP contribution in [0.2, 0.25) is 0 Å². The van der Waals surface area contributed by atoms with E-state index in [1.807, 2.05) is 48.5 Å². The number of hydrogen-bond acceptors (Lipinski definition) is 5. The predicted octanol–water partition coefficient (Wildman–Crippen LogP) is 2.30. The largest absolute Gasteiger partial charge is 0.491 e. The van der Waals surface area contributed by atoms with Crippen molar-refractivity contribution >= 4 is 0 Å². The topological polar surface area (TPSA) is 65.7 Å². The van der Waals surface area contributed by atoms with Gasteiger partial charge in [-0.1, -0.05) is 24.3 Å². The van der Waals surface area contributed by atoms with E-state index in [0.717, 1.165) is 43.2 Å². The molecule has 0 spiro atoms. The van der Waals surface area contributed by atoms with Gasteiger partial charge in [0.25, 0.3) is 0 Å². The highest BCUT2D eigenvalue weighted by Gasteiger charge is 2.15. The van der Waals surface area contributed by atoms with Crippen molar-refractivity contribution in [3.8, 4) is 22.9 Å². The highest BCUT2D eigenvalue weighted by molar-refractivity contribution is 5.64. The molecule has 0 radical (unpaired) electrons. The summed E-state index contributed by atoms with van der Waals surface area (Å²) in [7, 11) is 0. The van der Waals surface area contributed by atoms with Crippen molar-refractivity contribution in [1.29, 1.82) is 5.26 Å². The summed E-state index contributed by atoms with van der Waals surface area (Å²) in [5.41, 5.74) is 2.77. The second kappa shape index (κ2) is 8.63. The molecule has 1 fully saturated rings. The molecule has 1 atom stereocenters. The molecule has 3 rings (SSSR count). The van der Waals surface area contributed by atoms with Crippen LogP contribution in [0.5, 0.6) is 5.75 Å². The van der Waals surface area contributed by atoms with Crippen molar-refractivity contribution in [3.63, 3.8) is 0 Å². The first-order valence-corrected chi connectivity index (χ1v) is 8.46. The lowest BCUT2D eigenvalue weighted by molar-refractivity contribution is 0.00466. The predicted molar refractivity (Wildman–Crippen MR) is 95.4 cm³/mol. The fraction of sp³-hybridized carbons (Fsp3) is 0.350. The molecule has 0 amide bonds. The Balaban J connectivity index is 1.50. The lowest BCUT2D eigenvalue weighted by atomic mass is 10.0. The summed E-state index contributed by atoms with van der Waals surface area (Å²) >= 11 is 0. The molecular weight excluding hydrogens is 316 g/mol. The standard InChI is InChI=1S/C20H22N2O3/c21-13-16-1-3-17(4-2-16)18-5-7-20(8-6-18)25-15-19(23)14-22-9-11-24-12-10-22/h1-8,19,23H,9-12,14-15H2/t19-/m1/s1. The molecular formula is C20H22N2O3. The zero-order valence-corrected chi connectivity index (χ0v) is 14.1. The molecule has 5 heteroatoms. The van der Waals surface area contributed by atoms with Crippen LogP contribution < -0.4 is 4.74 Å². The number of morpholine rings is 1. The summed E-state index contributed by atoms with van der Waals surface area (Å²) < 4.78 is 11.0. The van der Waals surface area contributed by atoms with Crippen LogP contribution >= 0.6 is 0 Å². The third kappa shape index (κ3) is 5.04. The second-order valence-electron chi connectivity index (χ2n) is 6.09. The Morgan fingerprint density at radius 3 is 2.24 bits per heavy atom. The third-order valence-corrected chi connectivity index (χ3v) is 4.22. The van der Waals surface area contributed by atoms with E-state index in [1.54, 1.807) is 0 Å². The number of nitrogens with zero attached hydrogens (tertiary/aromatic N) is 2. The lowest BCUT2D eigenvalue weighted by Crippen LogP contribution is -2.42. The van der Waals surface area contributed by atoms with Gasteiger partial charge in [-0.05, 0) is 35.4 Å². The number of ether oxygens (including phenoxy) is 2. The molecule has 0 aliphatic carbocycles. The number of β-amino-alcohol motifs (C(OH)–C–C–N with tert-alkyl or cyclic N) is 1. The van der Waals surface area contributed by atoms with Crippen LogP contribution in [0.1, 0.15) is 5.56 Å². The Morgan fingerprint density at radius 1 is 1.04 bits per heavy atom. The lowest BCUT2D eigenvalue weighted by Gasteiger charge is -2.28. The maximum Gasteiger partial charge on any atom is 0.119 e. The summed E-state index contributed by atoms with van der Waals surface area (Å²) in [6.07, 6.45) is -0.517. The Bertz CT molecular complexity index is 701. The van der Waals surface area contributed by atoms with Crippen LogP contribution in [0.3, 0.4) is 0 Å². The van der Waals surface area contributed by atoms with Gasteiger partial charge in [-0.15, -0.1) is 0 Å². The van der Waals surface area contributed by atoms with Gasteiger partial charge in [-0.2, -0.15) is 5.26 Å². The fourth-order valence-corrected chi connectivity index (χ4v) is 2.81. The van der Waals surface area contributed by atoms with Crippen LogP contribution in [-0.2, 0) is 4.74 Å². The summed E-state index contributed by atoms with van der Waals surface area (Å²) in [4.78, 5) is 2.19. The monoisotopic (exact) mass is 338 g/mol. The van der Waals surface area contributed by atoms with Gasteiger partial charge >= 0.3 is 0 Å². The first kappa shape index (κ1) is 17.4. The normalized spacial score (nSPS) is 16.2. The number of aliphatic hydroxyl groups is 1. The number of aliphatic hydroxyl groups excluding tert-OH is 1. The zero-order chi connectivity index (χ0) is 17.5. The Labute approximate surface area is 148 Å². The Morgan fingerprint density at radius 2 is 1.64 bits per heavy atom. The van der Waals surface area contributed by atoms with E-state index in [-0.39, 0.29) is 6.61 Å². The van der Waals surface area contributed by atoms with E-state index in [0.29, 0.717) is 12.1 Å². The number of nitriles is 1. The van der Waals surface area contributed by atoms with Crippen molar-refractivity contribution in [1.82, 2.24) is 4.90 Å². The van der Waals surface area contributed by atoms with Gasteiger partial charge in [-0.25, -0.2) is 0 Å². The summed E-state index contributed by atoms with van der Waals surface area (Å²) in [6.45, 7) is 4.04. The van der Waals surface area contributed by atoms with E-state index >= 15 is 0 Å². The average molecular weight is 338 g/mol. The Kier molecular flexibility index (Phi) is 6.02. The summed E-state index contributed by atoms with van der Waals surface area (Å²) in [5, 5.41) is 19.0. The molecule has 5 nitrogen and oxygen atoms in total. The van der Waals surface area contributed by atoms with Crippen LogP contribution in [0.25, 0.3) is 11.1 Å². The maximum atomic E-state index is 10.1. The maximum absolute atomic E-state index is 10.1. The van der Waals surface area contributed by atoms with Gasteiger partial charge in [0.1, 0.15) is 18.5 Å². The van der Waals surface area contributed by atoms with E-state index < -0.39 is 6.10 Å². The number of benzene rings is 2. The van der Waals surface area contributed by atoms with Crippen LogP contribution in [-0.4, -0.2) is 55.6 Å². The molecule has 1 saturated heterocycles. The van der Waals surface area contributed by atoms with Crippen molar-refractivity contribution < 1.29 is 14.6 Å². The van der Waals surface area contributed by atoms with E-state index in [1.165, 1.54) is 0 Å². The van der Waals surface area contributed by atoms with Crippen molar-refractivity contribution in [3.05, 3.63) is 54.1 Å². The molecule has 1 aliphatic rings. The van der Waals surface area contributed by atoms with Crippen molar-refractivity contribution in [2.45, 2.75) is 6.10 Å². The first-order valence-electron chi connectivity index (χ1n) is 8.46. The van der Waals surface area contributed by atoms with E-state index in [9.17, 15) is 5.11 Å². The van der Waals surface area contributed by atoms with Gasteiger partial charge < -0.3 is 14.6 Å². The smallest absolute Gasteiger partial charge is 0.119 e. The quantitative estimate of drug-likeness (QED) is 0.875. The van der Waals surface area contributed by atoms with Crippen LogP contribution in [0.4, 0.5) is 0 Å². The van der Waals surface area contributed by atoms with Gasteiger partial charge in [0, 0.05) is 19.6 Å². The second-order valence-corrected chi connectivity index (χ2v) is 6.09. The molecule has 0 saturated carbocycles. The molecule has 2 aromatic carbocycles. The molecule has 1 aliphatic heterocycles. The SMILES string of the molecule is N#Cc1ccc(-c2ccc(OC[C@H](O)CN3CCOCC3)cc2)cc1. The van der Waals surface area contributed by atoms with Gasteiger partial charge in [0.2, 0.25) is 0 Å². The molecule has 0 unspecified atom stereocenters. The minimum absolute atomic E-state index is 0.271. The molecule has 25 heavy (non-hydrogen) atoms. The number of hydrogen-bond donors (Lipinski definition) is 1. The van der Waals surface area contributed by atoms with Crippen LogP contribution in [0.15, 0.2) is 48.5 Å². The fourth-order valence-electron chi connectivity index (χ4n) is 2.81. The number of rotatable bonds is 6. The van der Waals surface area contributed by atoms with E-state index in [4.69, 9.17) is 14.7 Å². The van der Waals surface area contributed by atoms with Crippen molar-refractivity contribution in [2.24, 2.45) is 0 Å². The summed E-state index contributed by atoms with van der Waals surface area (Å²) in [6, 6.07) is 17.3. The molecule has 0 aromatic heterocycles. The molecule has 2 aromatic rings. The third-order valence-electron chi connectivity index (χ3n) is 4.22. The molecule has 1 N–H and O–H groups in total. The van der Waals surface area contributed by atoms with Crippen molar-refractivity contribution in [2.75, 3.05) is 39.5 Å². The molecule has 0 bridgehead atoms. The molecule has 1 heterocycles. The highest BCUT2D eigenvalue weighted by Crippen LogP contribution is 2.22. The highest BCUT2D eigenvalue weighted by atomic mass is 16.5. The summed E-state index contributed by atoms with van der Waals surface area (Å²) in [5.74, 6) is 0.735.